The van der Waals surface area contributed by atoms with Crippen LogP contribution in [0.1, 0.15) is 18.4 Å². The summed E-state index contributed by atoms with van der Waals surface area (Å²) in [6.07, 6.45) is 1.23. The number of ether oxygens (including phenoxy) is 1. The summed E-state index contributed by atoms with van der Waals surface area (Å²) in [4.78, 5) is 25.3. The molecule has 9 heteroatoms. The second-order valence-corrected chi connectivity index (χ2v) is 7.09. The van der Waals surface area contributed by atoms with Gasteiger partial charge in [-0.2, -0.15) is 8.42 Å². The molecule has 24 heavy (non-hydrogen) atoms. The molecule has 0 bridgehead atoms. The van der Waals surface area contributed by atoms with Crippen LogP contribution in [0.5, 0.6) is 0 Å². The van der Waals surface area contributed by atoms with E-state index >= 15 is 0 Å². The Balaban J connectivity index is 1.84. The van der Waals surface area contributed by atoms with Gasteiger partial charge in [-0.3, -0.25) is 4.79 Å². The predicted molar refractivity (Wildman–Crippen MR) is 84.9 cm³/mol. The largest absolute Gasteiger partial charge is 0.454 e. The molecule has 1 atom stereocenters. The zero-order valence-electron chi connectivity index (χ0n) is 13.1. The third-order valence-electron chi connectivity index (χ3n) is 4.03. The van der Waals surface area contributed by atoms with E-state index in [9.17, 15) is 18.0 Å². The molecule has 0 unspecified atom stereocenters. The van der Waals surface area contributed by atoms with Crippen LogP contribution < -0.4 is 5.32 Å². The van der Waals surface area contributed by atoms with Crippen molar-refractivity contribution in [2.75, 3.05) is 20.2 Å². The lowest BCUT2D eigenvalue weighted by Gasteiger charge is -2.24. The van der Waals surface area contributed by atoms with Crippen LogP contribution in [0.4, 0.5) is 0 Å². The molecule has 0 saturated carbocycles. The molecule has 1 fully saturated rings. The number of hydrogen-bond donors (Lipinski definition) is 1. The Bertz CT molecular complexity index is 818. The highest BCUT2D eigenvalue weighted by Crippen LogP contribution is 2.31. The number of likely N-dealkylation sites (N-methyl/N-ethyl adjacent to an activating group) is 1. The number of carbonyl (C=O) groups is 2. The number of hydrogen-bond acceptors (Lipinski definition) is 6. The number of rotatable bonds is 3. The van der Waals surface area contributed by atoms with Gasteiger partial charge in [0.05, 0.1) is 0 Å². The quantitative estimate of drug-likeness (QED) is 0.762. The molecule has 1 N–H and O–H groups in total. The van der Waals surface area contributed by atoms with Gasteiger partial charge in [-0.1, -0.05) is 12.1 Å². The first-order chi connectivity index (χ1) is 11.4. The van der Waals surface area contributed by atoms with Gasteiger partial charge in [0.2, 0.25) is 0 Å². The van der Waals surface area contributed by atoms with Gasteiger partial charge < -0.3 is 15.0 Å². The number of amidine groups is 1. The molecule has 1 amide bonds. The standard InChI is InChI=1S/C15H17N3O5S/c1-16-13(19)9-23-15(20)11-6-4-8-18(11)14-10-5-2-3-7-12(10)24(21,22)17-14/h2-3,5,7,11H,4,6,8-9H2,1H3,(H,16,19)/t11-/m0/s1. The van der Waals surface area contributed by atoms with E-state index in [0.29, 0.717) is 24.9 Å². The number of likely N-dealkylation sites (tertiary alicyclic amines) is 1. The molecule has 1 saturated heterocycles. The minimum Gasteiger partial charge on any atom is -0.454 e. The monoisotopic (exact) mass is 351 g/mol. The van der Waals surface area contributed by atoms with Gasteiger partial charge in [0.15, 0.2) is 12.4 Å². The molecule has 1 aromatic rings. The van der Waals surface area contributed by atoms with Crippen molar-refractivity contribution in [3.63, 3.8) is 0 Å². The fourth-order valence-electron chi connectivity index (χ4n) is 2.87. The van der Waals surface area contributed by atoms with E-state index in [1.54, 1.807) is 23.1 Å². The van der Waals surface area contributed by atoms with Crippen LogP contribution in [0.15, 0.2) is 33.6 Å². The van der Waals surface area contributed by atoms with Crippen LogP contribution in [0, 0.1) is 0 Å². The predicted octanol–water partition coefficient (Wildman–Crippen LogP) is -0.111. The number of carbonyl (C=O) groups excluding carboxylic acids is 2. The number of sulfonamides is 1. The minimum absolute atomic E-state index is 0.143. The van der Waals surface area contributed by atoms with Crippen LogP contribution in [0.3, 0.4) is 0 Å². The van der Waals surface area contributed by atoms with E-state index in [1.807, 2.05) is 0 Å². The molecule has 2 aliphatic rings. The maximum atomic E-state index is 12.3. The highest BCUT2D eigenvalue weighted by molar-refractivity contribution is 7.90. The number of amides is 1. The molecule has 0 spiro atoms. The van der Waals surface area contributed by atoms with Crippen molar-refractivity contribution in [2.45, 2.75) is 23.8 Å². The smallest absolute Gasteiger partial charge is 0.329 e. The molecule has 2 aliphatic heterocycles. The van der Waals surface area contributed by atoms with Crippen molar-refractivity contribution in [3.05, 3.63) is 29.8 Å². The zero-order chi connectivity index (χ0) is 17.3. The third kappa shape index (κ3) is 2.86. The van der Waals surface area contributed by atoms with Gasteiger partial charge in [-0.25, -0.2) is 4.79 Å². The van der Waals surface area contributed by atoms with E-state index in [-0.39, 0.29) is 17.3 Å². The Kier molecular flexibility index (Phi) is 4.27. The summed E-state index contributed by atoms with van der Waals surface area (Å²) in [7, 11) is -2.29. The molecule has 128 valence electrons. The minimum atomic E-state index is -3.74. The summed E-state index contributed by atoms with van der Waals surface area (Å²) in [5.41, 5.74) is 0.489. The molecule has 1 aromatic carbocycles. The van der Waals surface area contributed by atoms with Crippen molar-refractivity contribution in [1.29, 1.82) is 0 Å². The van der Waals surface area contributed by atoms with Gasteiger partial charge in [-0.05, 0) is 25.0 Å². The molecule has 0 radical (unpaired) electrons. The van der Waals surface area contributed by atoms with E-state index in [1.165, 1.54) is 13.1 Å². The lowest BCUT2D eigenvalue weighted by atomic mass is 10.1. The topological polar surface area (TPSA) is 105 Å². The van der Waals surface area contributed by atoms with Crippen LogP contribution in [-0.4, -0.2) is 57.3 Å². The van der Waals surface area contributed by atoms with Crippen molar-refractivity contribution < 1.29 is 22.7 Å². The second-order valence-electron chi connectivity index (χ2n) is 5.52. The van der Waals surface area contributed by atoms with Crippen molar-refractivity contribution in [2.24, 2.45) is 4.40 Å². The Morgan fingerprint density at radius 2 is 2.12 bits per heavy atom. The number of nitrogens with one attached hydrogen (secondary N) is 1. The van der Waals surface area contributed by atoms with Gasteiger partial charge in [0, 0.05) is 19.2 Å². The van der Waals surface area contributed by atoms with Gasteiger partial charge in [0.1, 0.15) is 10.9 Å². The summed E-state index contributed by atoms with van der Waals surface area (Å²) in [5.74, 6) is -0.690. The second kappa shape index (κ2) is 6.23. The molecule has 0 aromatic heterocycles. The third-order valence-corrected chi connectivity index (χ3v) is 5.36. The van der Waals surface area contributed by atoms with E-state index in [0.717, 1.165) is 0 Å². The molecule has 0 aliphatic carbocycles. The lowest BCUT2D eigenvalue weighted by Crippen LogP contribution is -2.42. The number of benzene rings is 1. The van der Waals surface area contributed by atoms with E-state index < -0.39 is 27.9 Å². The summed E-state index contributed by atoms with van der Waals surface area (Å²) >= 11 is 0. The zero-order valence-corrected chi connectivity index (χ0v) is 13.9. The molecular formula is C15H17N3O5S. The van der Waals surface area contributed by atoms with Crippen molar-refractivity contribution in [1.82, 2.24) is 10.2 Å². The van der Waals surface area contributed by atoms with Gasteiger partial charge in [0.25, 0.3) is 15.9 Å². The van der Waals surface area contributed by atoms with Crippen LogP contribution >= 0.6 is 0 Å². The first-order valence-corrected chi connectivity index (χ1v) is 8.96. The van der Waals surface area contributed by atoms with E-state index in [4.69, 9.17) is 4.74 Å². The van der Waals surface area contributed by atoms with Crippen molar-refractivity contribution >= 4 is 27.7 Å². The number of fused-ring (bicyclic) bond motifs is 1. The SMILES string of the molecule is CNC(=O)COC(=O)[C@@H]1CCCN1C1=NS(=O)(=O)c2ccccc21. The van der Waals surface area contributed by atoms with E-state index in [2.05, 4.69) is 9.71 Å². The maximum absolute atomic E-state index is 12.3. The Labute approximate surface area is 139 Å². The first kappa shape index (κ1) is 16.4. The highest BCUT2D eigenvalue weighted by Gasteiger charge is 2.39. The summed E-state index contributed by atoms with van der Waals surface area (Å²) in [5, 5.41) is 2.37. The maximum Gasteiger partial charge on any atom is 0.329 e. The average Bonchev–Trinajstić information content (AvgIpc) is 3.15. The van der Waals surface area contributed by atoms with Crippen LogP contribution in [0.2, 0.25) is 0 Å². The fraction of sp³-hybridized carbons (Fsp3) is 0.400. The molecular weight excluding hydrogens is 334 g/mol. The first-order valence-electron chi connectivity index (χ1n) is 7.52. The van der Waals surface area contributed by atoms with Crippen LogP contribution in [0.25, 0.3) is 0 Å². The Morgan fingerprint density at radius 1 is 1.38 bits per heavy atom. The molecule has 8 nitrogen and oxygen atoms in total. The lowest BCUT2D eigenvalue weighted by molar-refractivity contribution is -0.151. The molecule has 3 rings (SSSR count). The summed E-state index contributed by atoms with van der Waals surface area (Å²) < 4.78 is 33.2. The van der Waals surface area contributed by atoms with Crippen LogP contribution in [-0.2, 0) is 24.3 Å². The van der Waals surface area contributed by atoms with Gasteiger partial charge >= 0.3 is 5.97 Å². The summed E-state index contributed by atoms with van der Waals surface area (Å²) in [6.45, 7) is 0.142. The average molecular weight is 351 g/mol. The number of esters is 1. The Hall–Kier alpha value is -2.42. The molecule has 2 heterocycles. The Morgan fingerprint density at radius 3 is 2.88 bits per heavy atom. The highest BCUT2D eigenvalue weighted by atomic mass is 32.2. The fourth-order valence-corrected chi connectivity index (χ4v) is 4.08. The number of nitrogens with zero attached hydrogens (tertiary/aromatic N) is 2. The van der Waals surface area contributed by atoms with Crippen molar-refractivity contribution in [3.8, 4) is 0 Å². The van der Waals surface area contributed by atoms with Gasteiger partial charge in [-0.15, -0.1) is 4.40 Å². The normalized spacial score (nSPS) is 21.1. The summed E-state index contributed by atoms with van der Waals surface area (Å²) in [6, 6.07) is 5.88.